The van der Waals surface area contributed by atoms with Crippen LogP contribution in [0.25, 0.3) is 0 Å². The summed E-state index contributed by atoms with van der Waals surface area (Å²) in [6.45, 7) is 0.759. The van der Waals surface area contributed by atoms with Gasteiger partial charge < -0.3 is 9.64 Å². The lowest BCUT2D eigenvalue weighted by atomic mass is 10.2. The van der Waals surface area contributed by atoms with Crippen molar-refractivity contribution < 1.29 is 13.9 Å². The van der Waals surface area contributed by atoms with Gasteiger partial charge in [-0.3, -0.25) is 4.79 Å². The lowest BCUT2D eigenvalue weighted by Gasteiger charge is -2.18. The van der Waals surface area contributed by atoms with E-state index < -0.39 is 5.82 Å². The summed E-state index contributed by atoms with van der Waals surface area (Å²) < 4.78 is 20.4. The van der Waals surface area contributed by atoms with Crippen LogP contribution < -0.4 is 4.74 Å². The molecule has 0 aromatic heterocycles. The number of carbonyl (C=O) groups is 1. The van der Waals surface area contributed by atoms with E-state index in [-0.39, 0.29) is 5.91 Å². The van der Waals surface area contributed by atoms with Gasteiger partial charge in [0.1, 0.15) is 18.2 Å². The lowest BCUT2D eigenvalue weighted by Crippen LogP contribution is -2.31. The van der Waals surface area contributed by atoms with Crippen LogP contribution in [0.4, 0.5) is 4.39 Å². The molecular formula is C16H14Br2FNO2. The van der Waals surface area contributed by atoms with E-state index >= 15 is 0 Å². The van der Waals surface area contributed by atoms with E-state index in [2.05, 4.69) is 31.9 Å². The van der Waals surface area contributed by atoms with Crippen molar-refractivity contribution in [1.82, 2.24) is 4.90 Å². The number of hydrogen-bond donors (Lipinski definition) is 0. The molecular weight excluding hydrogens is 417 g/mol. The van der Waals surface area contributed by atoms with Gasteiger partial charge in [0.15, 0.2) is 0 Å². The van der Waals surface area contributed by atoms with Gasteiger partial charge in [-0.25, -0.2) is 4.39 Å². The molecule has 0 aliphatic carbocycles. The topological polar surface area (TPSA) is 29.5 Å². The van der Waals surface area contributed by atoms with Crippen molar-refractivity contribution in [3.63, 3.8) is 0 Å². The molecule has 0 unspecified atom stereocenters. The molecule has 3 nitrogen and oxygen atoms in total. The Bertz CT molecular complexity index is 662. The molecule has 0 saturated heterocycles. The van der Waals surface area contributed by atoms with E-state index in [1.165, 1.54) is 23.1 Å². The van der Waals surface area contributed by atoms with Gasteiger partial charge in [0.25, 0.3) is 5.91 Å². The van der Waals surface area contributed by atoms with Crippen LogP contribution in [0.15, 0.2) is 51.4 Å². The number of ether oxygens (including phenoxy) is 1. The number of amides is 1. The first-order valence-electron chi connectivity index (χ1n) is 6.56. The number of benzene rings is 2. The molecule has 2 aromatic rings. The Labute approximate surface area is 145 Å². The van der Waals surface area contributed by atoms with Crippen LogP contribution in [0.5, 0.6) is 5.75 Å². The molecule has 2 rings (SSSR count). The Morgan fingerprint density at radius 2 is 1.86 bits per heavy atom. The third-order valence-electron chi connectivity index (χ3n) is 3.01. The van der Waals surface area contributed by atoms with Gasteiger partial charge in [0, 0.05) is 16.0 Å². The second-order valence-electron chi connectivity index (χ2n) is 4.65. The Hall–Kier alpha value is -1.40. The monoisotopic (exact) mass is 429 g/mol. The van der Waals surface area contributed by atoms with Gasteiger partial charge in [-0.1, -0.05) is 15.9 Å². The predicted octanol–water partition coefficient (Wildman–Crippen LogP) is 4.50. The SMILES string of the molecule is CN(CCOc1ccc(Br)cc1)C(=O)c1cc(F)ccc1Br. The number of halogens is 3. The van der Waals surface area contributed by atoms with Gasteiger partial charge in [0.2, 0.25) is 0 Å². The molecule has 22 heavy (non-hydrogen) atoms. The third-order valence-corrected chi connectivity index (χ3v) is 4.23. The van der Waals surface area contributed by atoms with Crippen molar-refractivity contribution >= 4 is 37.8 Å². The van der Waals surface area contributed by atoms with Crippen LogP contribution in [-0.2, 0) is 0 Å². The van der Waals surface area contributed by atoms with Gasteiger partial charge in [-0.2, -0.15) is 0 Å². The van der Waals surface area contributed by atoms with Crippen molar-refractivity contribution in [2.75, 3.05) is 20.2 Å². The minimum Gasteiger partial charge on any atom is -0.492 e. The molecule has 0 bridgehead atoms. The maximum absolute atomic E-state index is 13.3. The highest BCUT2D eigenvalue weighted by Crippen LogP contribution is 2.19. The molecule has 0 saturated carbocycles. The van der Waals surface area contributed by atoms with Crippen LogP contribution in [0.3, 0.4) is 0 Å². The largest absolute Gasteiger partial charge is 0.492 e. The maximum Gasteiger partial charge on any atom is 0.254 e. The average molecular weight is 431 g/mol. The molecule has 0 heterocycles. The first-order valence-corrected chi connectivity index (χ1v) is 8.15. The summed E-state index contributed by atoms with van der Waals surface area (Å²) >= 11 is 6.61. The van der Waals surface area contributed by atoms with Crippen molar-refractivity contribution in [2.24, 2.45) is 0 Å². The van der Waals surface area contributed by atoms with Crippen LogP contribution >= 0.6 is 31.9 Å². The molecule has 0 fully saturated rings. The summed E-state index contributed by atoms with van der Waals surface area (Å²) in [6, 6.07) is 11.5. The molecule has 0 aliphatic rings. The van der Waals surface area contributed by atoms with Crippen molar-refractivity contribution in [3.8, 4) is 5.75 Å². The smallest absolute Gasteiger partial charge is 0.254 e. The van der Waals surface area contributed by atoms with Gasteiger partial charge >= 0.3 is 0 Å². The van der Waals surface area contributed by atoms with Crippen molar-refractivity contribution in [1.29, 1.82) is 0 Å². The highest BCUT2D eigenvalue weighted by atomic mass is 79.9. The molecule has 2 aromatic carbocycles. The fraction of sp³-hybridized carbons (Fsp3) is 0.188. The summed E-state index contributed by atoms with van der Waals surface area (Å²) in [7, 11) is 1.66. The van der Waals surface area contributed by atoms with E-state index in [0.29, 0.717) is 23.2 Å². The van der Waals surface area contributed by atoms with E-state index in [9.17, 15) is 9.18 Å². The highest BCUT2D eigenvalue weighted by molar-refractivity contribution is 9.10. The highest BCUT2D eigenvalue weighted by Gasteiger charge is 2.15. The molecule has 6 heteroatoms. The molecule has 0 spiro atoms. The zero-order chi connectivity index (χ0) is 16.1. The fourth-order valence-electron chi connectivity index (χ4n) is 1.80. The van der Waals surface area contributed by atoms with Crippen molar-refractivity contribution in [3.05, 3.63) is 62.8 Å². The fourth-order valence-corrected chi connectivity index (χ4v) is 2.48. The van der Waals surface area contributed by atoms with Gasteiger partial charge in [-0.05, 0) is 58.4 Å². The Kier molecular flexibility index (Phi) is 5.97. The summed E-state index contributed by atoms with van der Waals surface area (Å²) in [5.74, 6) is 0.0350. The zero-order valence-corrected chi connectivity index (χ0v) is 15.0. The van der Waals surface area contributed by atoms with Gasteiger partial charge in [-0.15, -0.1) is 0 Å². The quantitative estimate of drug-likeness (QED) is 0.698. The van der Waals surface area contributed by atoms with E-state index in [4.69, 9.17) is 4.74 Å². The molecule has 0 atom stereocenters. The number of rotatable bonds is 5. The van der Waals surface area contributed by atoms with Crippen LogP contribution in [0.2, 0.25) is 0 Å². The summed E-state index contributed by atoms with van der Waals surface area (Å²) in [5.41, 5.74) is 0.297. The first kappa shape index (κ1) is 17.0. The third kappa shape index (κ3) is 4.55. The van der Waals surface area contributed by atoms with E-state index in [1.54, 1.807) is 7.05 Å². The van der Waals surface area contributed by atoms with Crippen LogP contribution in [-0.4, -0.2) is 31.0 Å². The number of likely N-dealkylation sites (N-methyl/N-ethyl adjacent to an activating group) is 1. The molecule has 1 amide bonds. The van der Waals surface area contributed by atoms with Crippen LogP contribution in [0.1, 0.15) is 10.4 Å². The van der Waals surface area contributed by atoms with E-state index in [1.807, 2.05) is 24.3 Å². The Morgan fingerprint density at radius 3 is 2.55 bits per heavy atom. The second kappa shape index (κ2) is 7.74. The summed E-state index contributed by atoms with van der Waals surface area (Å²) in [6.07, 6.45) is 0. The predicted molar refractivity (Wildman–Crippen MR) is 90.7 cm³/mol. The molecule has 0 aliphatic heterocycles. The van der Waals surface area contributed by atoms with Crippen molar-refractivity contribution in [2.45, 2.75) is 0 Å². The van der Waals surface area contributed by atoms with Crippen LogP contribution in [0, 0.1) is 5.82 Å². The number of hydrogen-bond acceptors (Lipinski definition) is 2. The van der Waals surface area contributed by atoms with E-state index in [0.717, 1.165) is 10.2 Å². The maximum atomic E-state index is 13.3. The standard InChI is InChI=1S/C16H14Br2FNO2/c1-20(8-9-22-13-5-2-11(17)3-6-13)16(21)14-10-12(19)4-7-15(14)18/h2-7,10H,8-9H2,1H3. The normalized spacial score (nSPS) is 10.4. The summed E-state index contributed by atoms with van der Waals surface area (Å²) in [4.78, 5) is 13.8. The number of nitrogens with zero attached hydrogens (tertiary/aromatic N) is 1. The molecule has 116 valence electrons. The first-order chi connectivity index (χ1) is 10.5. The summed E-state index contributed by atoms with van der Waals surface area (Å²) in [5, 5.41) is 0. The molecule has 0 N–H and O–H groups in total. The average Bonchev–Trinajstić information content (AvgIpc) is 2.51. The Balaban J connectivity index is 1.91. The zero-order valence-electron chi connectivity index (χ0n) is 11.9. The molecule has 0 radical (unpaired) electrons. The van der Waals surface area contributed by atoms with Gasteiger partial charge in [0.05, 0.1) is 12.1 Å². The number of carbonyl (C=O) groups excluding carboxylic acids is 1. The Morgan fingerprint density at radius 1 is 1.18 bits per heavy atom. The minimum absolute atomic E-state index is 0.259. The lowest BCUT2D eigenvalue weighted by molar-refractivity contribution is 0.0772. The minimum atomic E-state index is -0.439. The second-order valence-corrected chi connectivity index (χ2v) is 6.42.